The number of halogens is 4. The molecule has 0 fully saturated rings. The van der Waals surface area contributed by atoms with Gasteiger partial charge in [0, 0.05) is 9.50 Å². The summed E-state index contributed by atoms with van der Waals surface area (Å²) in [5.41, 5.74) is 6.20. The van der Waals surface area contributed by atoms with E-state index in [-0.39, 0.29) is 12.4 Å². The Balaban J connectivity index is 0.00000144. The van der Waals surface area contributed by atoms with Crippen molar-refractivity contribution in [3.05, 3.63) is 33.3 Å². The third kappa shape index (κ3) is 3.43. The van der Waals surface area contributed by atoms with Crippen molar-refractivity contribution < 1.29 is 4.39 Å². The van der Waals surface area contributed by atoms with Crippen LogP contribution in [-0.4, -0.2) is 6.67 Å². The molecule has 0 bridgehead atoms. The zero-order valence-corrected chi connectivity index (χ0v) is 9.79. The molecule has 0 spiro atoms. The standard InChI is InChI=1S/C8H8BrClFN.ClH/c9-7-2-1-5(10)3-6(7)8(12)4-11;/h1-3,8H,4,12H2;1H/t8-;/m1./s1. The highest BCUT2D eigenvalue weighted by atomic mass is 79.9. The maximum absolute atomic E-state index is 12.2. The van der Waals surface area contributed by atoms with E-state index in [4.69, 9.17) is 17.3 Å². The van der Waals surface area contributed by atoms with Gasteiger partial charge in [0.05, 0.1) is 6.04 Å². The highest BCUT2D eigenvalue weighted by molar-refractivity contribution is 9.10. The van der Waals surface area contributed by atoms with Crippen molar-refractivity contribution in [3.8, 4) is 0 Å². The molecule has 1 aromatic carbocycles. The summed E-state index contributed by atoms with van der Waals surface area (Å²) in [5, 5.41) is 0.567. The molecule has 1 aromatic rings. The molecular formula is C8H9BrCl2FN. The number of rotatable bonds is 2. The lowest BCUT2D eigenvalue weighted by Crippen LogP contribution is -2.12. The first-order valence-electron chi connectivity index (χ1n) is 3.41. The van der Waals surface area contributed by atoms with Crippen LogP contribution in [0, 0.1) is 0 Å². The highest BCUT2D eigenvalue weighted by Crippen LogP contribution is 2.25. The van der Waals surface area contributed by atoms with Gasteiger partial charge in [-0.3, -0.25) is 0 Å². The maximum atomic E-state index is 12.2. The Morgan fingerprint density at radius 3 is 2.69 bits per heavy atom. The van der Waals surface area contributed by atoms with Crippen molar-refractivity contribution in [2.24, 2.45) is 5.73 Å². The zero-order chi connectivity index (χ0) is 9.14. The van der Waals surface area contributed by atoms with Crippen LogP contribution in [0.25, 0.3) is 0 Å². The van der Waals surface area contributed by atoms with Crippen LogP contribution >= 0.6 is 39.9 Å². The van der Waals surface area contributed by atoms with E-state index in [1.165, 1.54) is 0 Å². The first-order valence-corrected chi connectivity index (χ1v) is 4.58. The topological polar surface area (TPSA) is 26.0 Å². The monoisotopic (exact) mass is 287 g/mol. The average Bonchev–Trinajstić information content (AvgIpc) is 2.08. The minimum absolute atomic E-state index is 0. The maximum Gasteiger partial charge on any atom is 0.109 e. The number of alkyl halides is 1. The molecular weight excluding hydrogens is 280 g/mol. The van der Waals surface area contributed by atoms with Gasteiger partial charge in [-0.15, -0.1) is 12.4 Å². The van der Waals surface area contributed by atoms with E-state index >= 15 is 0 Å². The summed E-state index contributed by atoms with van der Waals surface area (Å²) in [6.07, 6.45) is 0. The van der Waals surface area contributed by atoms with Crippen LogP contribution in [-0.2, 0) is 0 Å². The van der Waals surface area contributed by atoms with E-state index in [9.17, 15) is 4.39 Å². The number of benzene rings is 1. The van der Waals surface area contributed by atoms with Gasteiger partial charge in [-0.1, -0.05) is 27.5 Å². The molecule has 5 heteroatoms. The Bertz CT molecular complexity index is 283. The molecule has 0 aliphatic carbocycles. The molecule has 0 heterocycles. The fraction of sp³-hybridized carbons (Fsp3) is 0.250. The Morgan fingerprint density at radius 2 is 2.15 bits per heavy atom. The van der Waals surface area contributed by atoms with Crippen LogP contribution in [0.3, 0.4) is 0 Å². The lowest BCUT2D eigenvalue weighted by Gasteiger charge is -2.09. The van der Waals surface area contributed by atoms with Gasteiger partial charge in [0.2, 0.25) is 0 Å². The van der Waals surface area contributed by atoms with Crippen molar-refractivity contribution in [1.29, 1.82) is 0 Å². The van der Waals surface area contributed by atoms with Gasteiger partial charge < -0.3 is 5.73 Å². The van der Waals surface area contributed by atoms with Crippen LogP contribution < -0.4 is 5.73 Å². The fourth-order valence-corrected chi connectivity index (χ4v) is 1.60. The summed E-state index contributed by atoms with van der Waals surface area (Å²) < 4.78 is 13.0. The van der Waals surface area contributed by atoms with Gasteiger partial charge in [0.15, 0.2) is 0 Å². The van der Waals surface area contributed by atoms with Crippen molar-refractivity contribution in [3.63, 3.8) is 0 Å². The van der Waals surface area contributed by atoms with Crippen LogP contribution in [0.2, 0.25) is 5.02 Å². The van der Waals surface area contributed by atoms with E-state index in [0.717, 1.165) is 4.47 Å². The predicted molar refractivity (Wildman–Crippen MR) is 59.3 cm³/mol. The van der Waals surface area contributed by atoms with Crippen molar-refractivity contribution >= 4 is 39.9 Å². The van der Waals surface area contributed by atoms with E-state index < -0.39 is 12.7 Å². The third-order valence-corrected chi connectivity index (χ3v) is 2.48. The van der Waals surface area contributed by atoms with Crippen molar-refractivity contribution in [1.82, 2.24) is 0 Å². The second-order valence-electron chi connectivity index (χ2n) is 2.43. The smallest absolute Gasteiger partial charge is 0.109 e. The van der Waals surface area contributed by atoms with E-state index in [2.05, 4.69) is 15.9 Å². The zero-order valence-electron chi connectivity index (χ0n) is 6.64. The SMILES string of the molecule is Cl.N[C@H](CF)c1cc(Cl)ccc1Br. The Hall–Kier alpha value is 0.170. The van der Waals surface area contributed by atoms with Crippen LogP contribution in [0.4, 0.5) is 4.39 Å². The van der Waals surface area contributed by atoms with Gasteiger partial charge in [-0.2, -0.15) is 0 Å². The molecule has 0 saturated carbocycles. The molecule has 0 aliphatic heterocycles. The van der Waals surface area contributed by atoms with Gasteiger partial charge in [-0.25, -0.2) is 4.39 Å². The van der Waals surface area contributed by atoms with Crippen molar-refractivity contribution in [2.75, 3.05) is 6.67 Å². The molecule has 2 N–H and O–H groups in total. The Kier molecular flexibility index (Phi) is 5.88. The summed E-state index contributed by atoms with van der Waals surface area (Å²) in [4.78, 5) is 0. The second kappa shape index (κ2) is 5.81. The van der Waals surface area contributed by atoms with E-state index in [1.54, 1.807) is 18.2 Å². The molecule has 0 aromatic heterocycles. The van der Waals surface area contributed by atoms with Crippen molar-refractivity contribution in [2.45, 2.75) is 6.04 Å². The highest BCUT2D eigenvalue weighted by Gasteiger charge is 2.09. The number of hydrogen-bond donors (Lipinski definition) is 1. The van der Waals surface area contributed by atoms with Gasteiger partial charge in [0.1, 0.15) is 6.67 Å². The lowest BCUT2D eigenvalue weighted by molar-refractivity contribution is 0.436. The number of nitrogens with two attached hydrogens (primary N) is 1. The van der Waals surface area contributed by atoms with Crippen LogP contribution in [0.1, 0.15) is 11.6 Å². The first-order chi connectivity index (χ1) is 5.65. The molecule has 1 rings (SSSR count). The van der Waals surface area contributed by atoms with Gasteiger partial charge >= 0.3 is 0 Å². The molecule has 0 saturated heterocycles. The van der Waals surface area contributed by atoms with Gasteiger partial charge in [-0.05, 0) is 23.8 Å². The minimum Gasteiger partial charge on any atom is -0.322 e. The second-order valence-corrected chi connectivity index (χ2v) is 3.72. The van der Waals surface area contributed by atoms with Crippen LogP contribution in [0.5, 0.6) is 0 Å². The Labute approximate surface area is 96.0 Å². The van der Waals surface area contributed by atoms with Crippen LogP contribution in [0.15, 0.2) is 22.7 Å². The van der Waals surface area contributed by atoms with Gasteiger partial charge in [0.25, 0.3) is 0 Å². The lowest BCUT2D eigenvalue weighted by atomic mass is 10.1. The molecule has 13 heavy (non-hydrogen) atoms. The Morgan fingerprint density at radius 1 is 1.54 bits per heavy atom. The number of hydrogen-bond acceptors (Lipinski definition) is 1. The predicted octanol–water partition coefficient (Wildman–Crippen LogP) is 3.49. The molecule has 0 amide bonds. The quantitative estimate of drug-likeness (QED) is 0.886. The molecule has 0 aliphatic rings. The summed E-state index contributed by atoms with van der Waals surface area (Å²) >= 11 is 8.99. The summed E-state index contributed by atoms with van der Waals surface area (Å²) in [6.45, 7) is -0.584. The first kappa shape index (κ1) is 13.2. The third-order valence-electron chi connectivity index (χ3n) is 1.52. The molecule has 1 atom stereocenters. The summed E-state index contributed by atoms with van der Waals surface area (Å²) in [5.74, 6) is 0. The largest absolute Gasteiger partial charge is 0.322 e. The van der Waals surface area contributed by atoms with E-state index in [1.807, 2.05) is 0 Å². The summed E-state index contributed by atoms with van der Waals surface area (Å²) in [6, 6.07) is 4.54. The molecule has 74 valence electrons. The normalized spacial score (nSPS) is 12.0. The average molecular weight is 289 g/mol. The fourth-order valence-electron chi connectivity index (χ4n) is 0.882. The molecule has 0 radical (unpaired) electrons. The summed E-state index contributed by atoms with van der Waals surface area (Å²) in [7, 11) is 0. The van der Waals surface area contributed by atoms with E-state index in [0.29, 0.717) is 10.6 Å². The molecule has 0 unspecified atom stereocenters. The minimum atomic E-state index is -0.599. The molecule has 1 nitrogen and oxygen atoms in total.